The molecule has 2 heterocycles. The minimum Gasteiger partial charge on any atom is -0.378 e. The van der Waals surface area contributed by atoms with Gasteiger partial charge in [0.2, 0.25) is 0 Å². The number of thiophene rings is 1. The van der Waals surface area contributed by atoms with Crippen molar-refractivity contribution in [1.82, 2.24) is 9.97 Å². The summed E-state index contributed by atoms with van der Waals surface area (Å²) in [5, 5.41) is 3.28. The van der Waals surface area contributed by atoms with Gasteiger partial charge < -0.3 is 10.1 Å². The maximum atomic E-state index is 5.23. The smallest absolute Gasteiger partial charge is 0.172 e. The summed E-state index contributed by atoms with van der Waals surface area (Å²) >= 11 is 7.49. The molecule has 0 fully saturated rings. The Hall–Kier alpha value is -0.250. The van der Waals surface area contributed by atoms with Gasteiger partial charge in [0.25, 0.3) is 0 Å². The van der Waals surface area contributed by atoms with Gasteiger partial charge in [0.1, 0.15) is 5.82 Å². The van der Waals surface area contributed by atoms with Crippen LogP contribution in [0.4, 0.5) is 5.82 Å². The van der Waals surface area contributed by atoms with E-state index in [4.69, 9.17) is 4.74 Å². The number of halogens is 2. The SMILES string of the molecule is CCNc1nc(-c2cc(Br)c(C)s2)nc(COC)c1I. The van der Waals surface area contributed by atoms with Crippen LogP contribution in [0.25, 0.3) is 10.7 Å². The van der Waals surface area contributed by atoms with Crippen LogP contribution < -0.4 is 5.32 Å². The van der Waals surface area contributed by atoms with E-state index in [0.29, 0.717) is 6.61 Å². The van der Waals surface area contributed by atoms with Crippen molar-refractivity contribution in [2.75, 3.05) is 19.0 Å². The lowest BCUT2D eigenvalue weighted by Gasteiger charge is -2.11. The Morgan fingerprint density at radius 1 is 1.45 bits per heavy atom. The number of anilines is 1. The first-order chi connectivity index (χ1) is 9.56. The lowest BCUT2D eigenvalue weighted by Crippen LogP contribution is -2.08. The molecule has 0 spiro atoms. The number of hydrogen-bond donors (Lipinski definition) is 1. The Balaban J connectivity index is 2.52. The molecule has 0 aliphatic rings. The number of aromatic nitrogens is 2. The molecule has 0 aliphatic heterocycles. The van der Waals surface area contributed by atoms with Crippen molar-refractivity contribution in [3.63, 3.8) is 0 Å². The molecule has 0 aromatic carbocycles. The first-order valence-electron chi connectivity index (χ1n) is 6.12. The lowest BCUT2D eigenvalue weighted by molar-refractivity contribution is 0.181. The first-order valence-corrected chi connectivity index (χ1v) is 8.81. The molecule has 2 rings (SSSR count). The highest BCUT2D eigenvalue weighted by Gasteiger charge is 2.15. The molecule has 0 bridgehead atoms. The molecule has 0 amide bonds. The molecule has 0 radical (unpaired) electrons. The van der Waals surface area contributed by atoms with E-state index in [-0.39, 0.29) is 0 Å². The molecular weight excluding hydrogens is 453 g/mol. The van der Waals surface area contributed by atoms with Gasteiger partial charge in [-0.3, -0.25) is 0 Å². The molecule has 4 nitrogen and oxygen atoms in total. The molecule has 20 heavy (non-hydrogen) atoms. The summed E-state index contributed by atoms with van der Waals surface area (Å²) in [4.78, 5) is 11.5. The third-order valence-electron chi connectivity index (χ3n) is 2.62. The van der Waals surface area contributed by atoms with E-state index < -0.39 is 0 Å². The van der Waals surface area contributed by atoms with Crippen LogP contribution in [0.1, 0.15) is 17.5 Å². The number of hydrogen-bond acceptors (Lipinski definition) is 5. The van der Waals surface area contributed by atoms with Crippen molar-refractivity contribution < 1.29 is 4.74 Å². The first kappa shape index (κ1) is 16.1. The summed E-state index contributed by atoms with van der Waals surface area (Å²) in [6.07, 6.45) is 0. The largest absolute Gasteiger partial charge is 0.378 e. The number of methoxy groups -OCH3 is 1. The van der Waals surface area contributed by atoms with Gasteiger partial charge in [-0.2, -0.15) is 0 Å². The van der Waals surface area contributed by atoms with Crippen LogP contribution in [0.15, 0.2) is 10.5 Å². The molecular formula is C13H15BrIN3OS. The summed E-state index contributed by atoms with van der Waals surface area (Å²) in [6, 6.07) is 2.06. The molecule has 1 N–H and O–H groups in total. The quantitative estimate of drug-likeness (QED) is 0.659. The predicted molar refractivity (Wildman–Crippen MR) is 95.4 cm³/mol. The standard InChI is InChI=1S/C13H15BrIN3OS/c1-4-16-13-11(15)9(6-19-3)17-12(18-13)10-5-8(14)7(2)20-10/h5H,4,6H2,1-3H3,(H,16,17,18). The van der Waals surface area contributed by atoms with E-state index in [0.717, 1.165) is 36.8 Å². The van der Waals surface area contributed by atoms with E-state index in [1.54, 1.807) is 18.4 Å². The van der Waals surface area contributed by atoms with E-state index in [1.165, 1.54) is 4.88 Å². The normalized spacial score (nSPS) is 10.8. The Labute approximate surface area is 144 Å². The molecule has 2 aromatic rings. The van der Waals surface area contributed by atoms with E-state index in [1.807, 2.05) is 0 Å². The minimum atomic E-state index is 0.484. The average Bonchev–Trinajstić information content (AvgIpc) is 2.75. The number of ether oxygens (including phenoxy) is 1. The predicted octanol–water partition coefficient (Wildman–Crippen LogP) is 4.46. The van der Waals surface area contributed by atoms with E-state index >= 15 is 0 Å². The summed E-state index contributed by atoms with van der Waals surface area (Å²) in [6.45, 7) is 5.44. The highest BCUT2D eigenvalue weighted by Crippen LogP contribution is 2.34. The van der Waals surface area contributed by atoms with Crippen LogP contribution >= 0.6 is 49.9 Å². The third kappa shape index (κ3) is 3.49. The zero-order valence-electron chi connectivity index (χ0n) is 11.5. The number of nitrogens with one attached hydrogen (secondary N) is 1. The second-order valence-corrected chi connectivity index (χ2v) is 7.32. The van der Waals surface area contributed by atoms with Crippen molar-refractivity contribution in [3.8, 4) is 10.7 Å². The molecule has 108 valence electrons. The lowest BCUT2D eigenvalue weighted by atomic mass is 10.3. The van der Waals surface area contributed by atoms with Gasteiger partial charge in [-0.25, -0.2) is 9.97 Å². The van der Waals surface area contributed by atoms with Crippen LogP contribution in [-0.2, 0) is 11.3 Å². The molecule has 0 atom stereocenters. The highest BCUT2D eigenvalue weighted by molar-refractivity contribution is 14.1. The van der Waals surface area contributed by atoms with E-state index in [9.17, 15) is 0 Å². The summed E-state index contributed by atoms with van der Waals surface area (Å²) in [5.41, 5.74) is 0.913. The van der Waals surface area contributed by atoms with Crippen LogP contribution in [-0.4, -0.2) is 23.6 Å². The molecule has 0 saturated carbocycles. The third-order valence-corrected chi connectivity index (χ3v) is 5.89. The molecule has 7 heteroatoms. The Morgan fingerprint density at radius 2 is 2.20 bits per heavy atom. The minimum absolute atomic E-state index is 0.484. The van der Waals surface area contributed by atoms with Crippen LogP contribution in [0.5, 0.6) is 0 Å². The van der Waals surface area contributed by atoms with Crippen molar-refractivity contribution in [2.45, 2.75) is 20.5 Å². The van der Waals surface area contributed by atoms with Gasteiger partial charge in [0.05, 0.1) is 20.7 Å². The van der Waals surface area contributed by atoms with Gasteiger partial charge in [0.15, 0.2) is 5.82 Å². The highest BCUT2D eigenvalue weighted by atomic mass is 127. The topological polar surface area (TPSA) is 47.0 Å². The number of rotatable bonds is 5. The second kappa shape index (κ2) is 7.15. The summed E-state index contributed by atoms with van der Waals surface area (Å²) in [7, 11) is 1.68. The maximum absolute atomic E-state index is 5.23. The van der Waals surface area contributed by atoms with Crippen molar-refractivity contribution in [1.29, 1.82) is 0 Å². The van der Waals surface area contributed by atoms with Gasteiger partial charge in [0, 0.05) is 23.0 Å². The van der Waals surface area contributed by atoms with Crippen LogP contribution in [0.2, 0.25) is 0 Å². The summed E-state index contributed by atoms with van der Waals surface area (Å²) < 4.78 is 7.34. The fourth-order valence-corrected chi connectivity index (χ4v) is 3.75. The Morgan fingerprint density at radius 3 is 2.75 bits per heavy atom. The van der Waals surface area contributed by atoms with Gasteiger partial charge in [-0.1, -0.05) is 0 Å². The monoisotopic (exact) mass is 467 g/mol. The zero-order chi connectivity index (χ0) is 14.7. The zero-order valence-corrected chi connectivity index (χ0v) is 16.0. The Kier molecular flexibility index (Phi) is 5.76. The van der Waals surface area contributed by atoms with E-state index in [2.05, 4.69) is 73.7 Å². The summed E-state index contributed by atoms with van der Waals surface area (Å²) in [5.74, 6) is 1.61. The van der Waals surface area contributed by atoms with Crippen LogP contribution in [0.3, 0.4) is 0 Å². The van der Waals surface area contributed by atoms with Crippen molar-refractivity contribution >= 4 is 55.7 Å². The maximum Gasteiger partial charge on any atom is 0.172 e. The van der Waals surface area contributed by atoms with Crippen molar-refractivity contribution in [3.05, 3.63) is 24.7 Å². The second-order valence-electron chi connectivity index (χ2n) is 4.13. The molecule has 0 unspecified atom stereocenters. The fourth-order valence-electron chi connectivity index (χ4n) is 1.69. The van der Waals surface area contributed by atoms with Crippen molar-refractivity contribution in [2.24, 2.45) is 0 Å². The fraction of sp³-hybridized carbons (Fsp3) is 0.385. The van der Waals surface area contributed by atoms with Gasteiger partial charge >= 0.3 is 0 Å². The number of nitrogens with zero attached hydrogens (tertiary/aromatic N) is 2. The molecule has 0 saturated heterocycles. The van der Waals surface area contributed by atoms with Gasteiger partial charge in [-0.15, -0.1) is 11.3 Å². The Bertz CT molecular complexity index is 571. The van der Waals surface area contributed by atoms with Crippen LogP contribution in [0, 0.1) is 10.5 Å². The molecule has 0 aliphatic carbocycles. The molecule has 2 aromatic heterocycles. The number of aryl methyl sites for hydroxylation is 1. The average molecular weight is 468 g/mol. The van der Waals surface area contributed by atoms with Gasteiger partial charge in [-0.05, 0) is 58.4 Å².